The molecule has 5 rings (SSSR count). The molecule has 0 N–H and O–H groups in total. The third-order valence-electron chi connectivity index (χ3n) is 5.14. The third kappa shape index (κ3) is 3.03. The second-order valence-electron chi connectivity index (χ2n) is 7.00. The van der Waals surface area contributed by atoms with Gasteiger partial charge >= 0.3 is 0 Å². The summed E-state index contributed by atoms with van der Waals surface area (Å²) < 4.78 is 13.1. The number of likely N-dealkylation sites (tertiary alicyclic amines) is 1. The summed E-state index contributed by atoms with van der Waals surface area (Å²) in [7, 11) is 1.87. The minimum absolute atomic E-state index is 0.0243. The van der Waals surface area contributed by atoms with Crippen LogP contribution in [0.3, 0.4) is 0 Å². The molecule has 7 nitrogen and oxygen atoms in total. The van der Waals surface area contributed by atoms with Crippen LogP contribution >= 0.6 is 11.3 Å². The highest BCUT2D eigenvalue weighted by molar-refractivity contribution is 7.13. The molecule has 1 amide bonds. The third-order valence-corrected chi connectivity index (χ3v) is 6.03. The van der Waals surface area contributed by atoms with Crippen LogP contribution in [0.1, 0.15) is 34.9 Å². The number of fused-ring (bicyclic) bond motifs is 1. The van der Waals surface area contributed by atoms with Crippen molar-refractivity contribution in [1.29, 1.82) is 0 Å². The quantitative estimate of drug-likeness (QED) is 0.679. The standard InChI is InChI=1S/C20H20N4O3S/c1-23-11-14(10-21-23)19-22-15(12-28-19)20(25)24-6-2-3-16(24)13-4-5-17-18(9-13)27-8-7-26-17/h4-5,9-12,16H,2-3,6-8H2,1H3. The molecule has 1 fully saturated rings. The Morgan fingerprint density at radius 1 is 1.25 bits per heavy atom. The first-order valence-corrected chi connectivity index (χ1v) is 10.2. The molecule has 1 saturated heterocycles. The van der Waals surface area contributed by atoms with Gasteiger partial charge in [-0.1, -0.05) is 6.07 Å². The van der Waals surface area contributed by atoms with Gasteiger partial charge in [0, 0.05) is 30.7 Å². The number of amides is 1. The Labute approximate surface area is 166 Å². The van der Waals surface area contributed by atoms with Gasteiger partial charge in [-0.3, -0.25) is 9.48 Å². The zero-order valence-electron chi connectivity index (χ0n) is 15.5. The molecule has 1 aromatic carbocycles. The fourth-order valence-corrected chi connectivity index (χ4v) is 4.58. The van der Waals surface area contributed by atoms with Crippen molar-refractivity contribution in [3.63, 3.8) is 0 Å². The Morgan fingerprint density at radius 2 is 2.11 bits per heavy atom. The van der Waals surface area contributed by atoms with Crippen LogP contribution in [0.25, 0.3) is 10.6 Å². The Hall–Kier alpha value is -2.87. The van der Waals surface area contributed by atoms with Crippen LogP contribution in [0.15, 0.2) is 36.0 Å². The van der Waals surface area contributed by atoms with Gasteiger partial charge in [0.1, 0.15) is 23.9 Å². The highest BCUT2D eigenvalue weighted by Gasteiger charge is 2.32. The Balaban J connectivity index is 1.39. The van der Waals surface area contributed by atoms with E-state index >= 15 is 0 Å². The number of hydrogen-bond donors (Lipinski definition) is 0. The number of carbonyl (C=O) groups excluding carboxylic acids is 1. The van der Waals surface area contributed by atoms with Gasteiger partial charge in [-0.2, -0.15) is 5.10 Å². The average Bonchev–Trinajstić information content (AvgIpc) is 3.47. The monoisotopic (exact) mass is 396 g/mol. The van der Waals surface area contributed by atoms with Crippen molar-refractivity contribution in [2.24, 2.45) is 7.05 Å². The normalized spacial score (nSPS) is 18.5. The number of aromatic nitrogens is 3. The highest BCUT2D eigenvalue weighted by atomic mass is 32.1. The van der Waals surface area contributed by atoms with Crippen LogP contribution in [-0.4, -0.2) is 45.3 Å². The Morgan fingerprint density at radius 3 is 2.93 bits per heavy atom. The summed E-state index contributed by atoms with van der Waals surface area (Å²) in [5, 5.41) is 6.83. The van der Waals surface area contributed by atoms with E-state index in [9.17, 15) is 4.79 Å². The lowest BCUT2D eigenvalue weighted by Gasteiger charge is -2.26. The van der Waals surface area contributed by atoms with Crippen molar-refractivity contribution < 1.29 is 14.3 Å². The second kappa shape index (κ2) is 6.94. The molecular formula is C20H20N4O3S. The number of benzene rings is 1. The fraction of sp³-hybridized carbons (Fsp3) is 0.350. The van der Waals surface area contributed by atoms with E-state index < -0.39 is 0 Å². The number of carbonyl (C=O) groups is 1. The van der Waals surface area contributed by atoms with Crippen molar-refractivity contribution in [3.8, 4) is 22.1 Å². The maximum atomic E-state index is 13.2. The fourth-order valence-electron chi connectivity index (χ4n) is 3.81. The summed E-state index contributed by atoms with van der Waals surface area (Å²) in [5.41, 5.74) is 2.50. The van der Waals surface area contributed by atoms with E-state index in [1.807, 2.05) is 41.7 Å². The second-order valence-corrected chi connectivity index (χ2v) is 7.86. The van der Waals surface area contributed by atoms with Gasteiger partial charge in [-0.25, -0.2) is 4.98 Å². The predicted molar refractivity (Wildman–Crippen MR) is 105 cm³/mol. The average molecular weight is 396 g/mol. The van der Waals surface area contributed by atoms with E-state index in [2.05, 4.69) is 10.1 Å². The molecular weight excluding hydrogens is 376 g/mol. The molecule has 3 aromatic rings. The largest absolute Gasteiger partial charge is 0.486 e. The molecule has 0 spiro atoms. The van der Waals surface area contributed by atoms with E-state index in [0.29, 0.717) is 18.9 Å². The van der Waals surface area contributed by atoms with Crippen molar-refractivity contribution in [2.75, 3.05) is 19.8 Å². The maximum Gasteiger partial charge on any atom is 0.273 e. The summed E-state index contributed by atoms with van der Waals surface area (Å²) in [4.78, 5) is 19.7. The van der Waals surface area contributed by atoms with Gasteiger partial charge in [0.2, 0.25) is 0 Å². The molecule has 2 aliphatic heterocycles. The molecule has 0 bridgehead atoms. The highest BCUT2D eigenvalue weighted by Crippen LogP contribution is 2.39. The first-order valence-electron chi connectivity index (χ1n) is 9.34. The number of rotatable bonds is 3. The first-order chi connectivity index (χ1) is 13.7. The topological polar surface area (TPSA) is 69.5 Å². The molecule has 0 radical (unpaired) electrons. The zero-order chi connectivity index (χ0) is 19.1. The lowest BCUT2D eigenvalue weighted by Crippen LogP contribution is -2.30. The van der Waals surface area contributed by atoms with Crippen molar-refractivity contribution >= 4 is 17.2 Å². The van der Waals surface area contributed by atoms with E-state index in [0.717, 1.165) is 47.0 Å². The number of aryl methyl sites for hydroxylation is 1. The summed E-state index contributed by atoms with van der Waals surface area (Å²) in [6, 6.07) is 6.01. The number of ether oxygens (including phenoxy) is 2. The summed E-state index contributed by atoms with van der Waals surface area (Å²) >= 11 is 1.47. The van der Waals surface area contributed by atoms with Gasteiger partial charge in [0.05, 0.1) is 12.2 Å². The molecule has 28 heavy (non-hydrogen) atoms. The number of nitrogens with zero attached hydrogens (tertiary/aromatic N) is 4. The Bertz CT molecular complexity index is 1030. The van der Waals surface area contributed by atoms with Gasteiger partial charge < -0.3 is 14.4 Å². The van der Waals surface area contributed by atoms with Crippen LogP contribution in [-0.2, 0) is 7.05 Å². The molecule has 8 heteroatoms. The van der Waals surface area contributed by atoms with E-state index in [4.69, 9.17) is 9.47 Å². The molecule has 144 valence electrons. The van der Waals surface area contributed by atoms with Crippen LogP contribution in [0.4, 0.5) is 0 Å². The van der Waals surface area contributed by atoms with Crippen molar-refractivity contribution in [2.45, 2.75) is 18.9 Å². The molecule has 0 aliphatic carbocycles. The molecule has 2 aliphatic rings. The maximum absolute atomic E-state index is 13.2. The van der Waals surface area contributed by atoms with Gasteiger partial charge in [-0.05, 0) is 30.5 Å². The van der Waals surface area contributed by atoms with E-state index in [1.165, 1.54) is 11.3 Å². The van der Waals surface area contributed by atoms with Gasteiger partial charge in [0.25, 0.3) is 5.91 Å². The predicted octanol–water partition coefficient (Wildman–Crippen LogP) is 3.29. The summed E-state index contributed by atoms with van der Waals surface area (Å²) in [6.45, 7) is 1.86. The van der Waals surface area contributed by atoms with Crippen molar-refractivity contribution in [1.82, 2.24) is 19.7 Å². The molecule has 1 unspecified atom stereocenters. The van der Waals surface area contributed by atoms with Crippen molar-refractivity contribution in [3.05, 3.63) is 47.2 Å². The molecule has 1 atom stereocenters. The summed E-state index contributed by atoms with van der Waals surface area (Å²) in [5.74, 6) is 1.51. The molecule has 4 heterocycles. The van der Waals surface area contributed by atoms with E-state index in [1.54, 1.807) is 10.9 Å². The minimum Gasteiger partial charge on any atom is -0.486 e. The zero-order valence-corrected chi connectivity index (χ0v) is 16.3. The van der Waals surface area contributed by atoms with Gasteiger partial charge in [0.15, 0.2) is 11.5 Å². The van der Waals surface area contributed by atoms with E-state index in [-0.39, 0.29) is 11.9 Å². The molecule has 0 saturated carbocycles. The minimum atomic E-state index is -0.0243. The van der Waals surface area contributed by atoms with Crippen LogP contribution in [0.5, 0.6) is 11.5 Å². The smallest absolute Gasteiger partial charge is 0.273 e. The van der Waals surface area contributed by atoms with Crippen LogP contribution in [0, 0.1) is 0 Å². The Kier molecular flexibility index (Phi) is 4.27. The lowest BCUT2D eigenvalue weighted by molar-refractivity contribution is 0.0730. The summed E-state index contributed by atoms with van der Waals surface area (Å²) in [6.07, 6.45) is 5.58. The van der Waals surface area contributed by atoms with Crippen LogP contribution < -0.4 is 9.47 Å². The van der Waals surface area contributed by atoms with Gasteiger partial charge in [-0.15, -0.1) is 11.3 Å². The van der Waals surface area contributed by atoms with Crippen LogP contribution in [0.2, 0.25) is 0 Å². The number of hydrogen-bond acceptors (Lipinski definition) is 6. The SMILES string of the molecule is Cn1cc(-c2nc(C(=O)N3CCCC3c3ccc4c(c3)OCCO4)cs2)cn1. The number of thiazole rings is 1. The molecule has 2 aromatic heterocycles. The first kappa shape index (κ1) is 17.2. The lowest BCUT2D eigenvalue weighted by atomic mass is 10.0.